The second-order valence-electron chi connectivity index (χ2n) is 5.22. The van der Waals surface area contributed by atoms with Crippen molar-refractivity contribution in [2.24, 2.45) is 0 Å². The highest BCUT2D eigenvalue weighted by molar-refractivity contribution is 5.41. The van der Waals surface area contributed by atoms with Crippen molar-refractivity contribution in [3.05, 3.63) is 46.8 Å². The Morgan fingerprint density at radius 1 is 1.16 bits per heavy atom. The Morgan fingerprint density at radius 2 is 1.79 bits per heavy atom. The van der Waals surface area contributed by atoms with Gasteiger partial charge in [-0.3, -0.25) is 0 Å². The van der Waals surface area contributed by atoms with E-state index in [4.69, 9.17) is 0 Å². The Balaban J connectivity index is 2.41. The largest absolute Gasteiger partial charge is 0.310 e. The number of nitrogens with zero attached hydrogens (tertiary/aromatic N) is 2. The normalized spacial score (nSPS) is 12.7. The molecule has 102 valence electrons. The minimum Gasteiger partial charge on any atom is -0.310 e. The average molecular weight is 257 g/mol. The highest BCUT2D eigenvalue weighted by Gasteiger charge is 2.13. The van der Waals surface area contributed by atoms with Crippen LogP contribution in [0.4, 0.5) is 0 Å². The molecular weight excluding hydrogens is 234 g/mol. The zero-order valence-electron chi connectivity index (χ0n) is 12.5. The minimum absolute atomic E-state index is 0.338. The van der Waals surface area contributed by atoms with Gasteiger partial charge in [0.25, 0.3) is 0 Å². The topological polar surface area (TPSA) is 29.9 Å². The molecule has 3 nitrogen and oxygen atoms in total. The van der Waals surface area contributed by atoms with Crippen LogP contribution >= 0.6 is 0 Å². The van der Waals surface area contributed by atoms with Gasteiger partial charge in [-0.05, 0) is 57.5 Å². The third-order valence-electron chi connectivity index (χ3n) is 3.48. The molecule has 2 rings (SSSR count). The smallest absolute Gasteiger partial charge is 0.0654 e. The fraction of sp³-hybridized carbons (Fsp3) is 0.438. The molecule has 0 aliphatic carbocycles. The predicted octanol–water partition coefficient (Wildman–Crippen LogP) is 3.47. The molecule has 0 spiro atoms. The lowest BCUT2D eigenvalue weighted by molar-refractivity contribution is 0.594. The van der Waals surface area contributed by atoms with Crippen molar-refractivity contribution in [1.82, 2.24) is 15.1 Å². The van der Waals surface area contributed by atoms with Crippen molar-refractivity contribution in [3.63, 3.8) is 0 Å². The number of hydrogen-bond donors (Lipinski definition) is 1. The quantitative estimate of drug-likeness (QED) is 0.909. The van der Waals surface area contributed by atoms with Gasteiger partial charge in [0, 0.05) is 17.3 Å². The molecule has 1 aromatic carbocycles. The van der Waals surface area contributed by atoms with Crippen molar-refractivity contribution in [2.75, 3.05) is 6.54 Å². The lowest BCUT2D eigenvalue weighted by atomic mass is 10.1. The highest BCUT2D eigenvalue weighted by Crippen LogP contribution is 2.21. The number of nitrogens with one attached hydrogen (secondary N) is 1. The monoisotopic (exact) mass is 257 g/mol. The maximum atomic E-state index is 4.55. The van der Waals surface area contributed by atoms with Crippen LogP contribution in [0.5, 0.6) is 0 Å². The lowest BCUT2D eigenvalue weighted by Gasteiger charge is -2.13. The van der Waals surface area contributed by atoms with Gasteiger partial charge >= 0.3 is 0 Å². The molecule has 0 saturated heterocycles. The molecule has 1 heterocycles. The van der Waals surface area contributed by atoms with Gasteiger partial charge in [-0.25, -0.2) is 4.68 Å². The van der Waals surface area contributed by atoms with Crippen LogP contribution in [0.15, 0.2) is 24.4 Å². The summed E-state index contributed by atoms with van der Waals surface area (Å²) in [6.07, 6.45) is 1.97. The standard InChI is InChI=1S/C16H23N3/c1-6-17-13(4)16-10-18-19(14(16)5)15-8-11(2)7-12(3)9-15/h7-10,13,17H,6H2,1-5H3. The van der Waals surface area contributed by atoms with Gasteiger partial charge in [-0.15, -0.1) is 0 Å². The van der Waals surface area contributed by atoms with Crippen LogP contribution < -0.4 is 5.32 Å². The number of hydrogen-bond acceptors (Lipinski definition) is 2. The van der Waals surface area contributed by atoms with Crippen LogP contribution in [-0.2, 0) is 0 Å². The molecule has 1 aromatic heterocycles. The minimum atomic E-state index is 0.338. The molecule has 3 heteroatoms. The summed E-state index contributed by atoms with van der Waals surface area (Å²) in [5.41, 5.74) is 6.15. The van der Waals surface area contributed by atoms with Crippen LogP contribution in [-0.4, -0.2) is 16.3 Å². The van der Waals surface area contributed by atoms with E-state index in [1.54, 1.807) is 0 Å². The van der Waals surface area contributed by atoms with Gasteiger partial charge in [0.1, 0.15) is 0 Å². The van der Waals surface area contributed by atoms with E-state index in [1.807, 2.05) is 10.9 Å². The number of aromatic nitrogens is 2. The Morgan fingerprint density at radius 3 is 2.37 bits per heavy atom. The summed E-state index contributed by atoms with van der Waals surface area (Å²) >= 11 is 0. The number of aryl methyl sites for hydroxylation is 2. The molecule has 0 bridgehead atoms. The molecule has 1 N–H and O–H groups in total. The molecule has 1 unspecified atom stereocenters. The Kier molecular flexibility index (Phi) is 4.05. The third kappa shape index (κ3) is 2.87. The van der Waals surface area contributed by atoms with E-state index in [0.29, 0.717) is 6.04 Å². The summed E-state index contributed by atoms with van der Waals surface area (Å²) in [4.78, 5) is 0. The average Bonchev–Trinajstić information content (AvgIpc) is 2.70. The first kappa shape index (κ1) is 13.8. The Bertz CT molecular complexity index is 549. The molecule has 0 aliphatic rings. The fourth-order valence-corrected chi connectivity index (χ4v) is 2.60. The van der Waals surface area contributed by atoms with E-state index in [9.17, 15) is 0 Å². The SMILES string of the molecule is CCNC(C)c1cnn(-c2cc(C)cc(C)c2)c1C. The summed E-state index contributed by atoms with van der Waals surface area (Å²) in [6.45, 7) is 11.7. The summed E-state index contributed by atoms with van der Waals surface area (Å²) in [5, 5.41) is 7.99. The second-order valence-corrected chi connectivity index (χ2v) is 5.22. The van der Waals surface area contributed by atoms with E-state index in [0.717, 1.165) is 12.2 Å². The lowest BCUT2D eigenvalue weighted by Crippen LogP contribution is -2.18. The predicted molar refractivity (Wildman–Crippen MR) is 79.9 cm³/mol. The van der Waals surface area contributed by atoms with E-state index >= 15 is 0 Å². The molecule has 0 radical (unpaired) electrons. The zero-order valence-corrected chi connectivity index (χ0v) is 12.5. The summed E-state index contributed by atoms with van der Waals surface area (Å²) in [6, 6.07) is 6.87. The molecule has 0 aliphatic heterocycles. The van der Waals surface area contributed by atoms with E-state index < -0.39 is 0 Å². The number of benzene rings is 1. The number of rotatable bonds is 4. The van der Waals surface area contributed by atoms with Crippen molar-refractivity contribution in [3.8, 4) is 5.69 Å². The molecule has 0 amide bonds. The van der Waals surface area contributed by atoms with E-state index in [1.165, 1.54) is 22.4 Å². The van der Waals surface area contributed by atoms with Gasteiger partial charge in [-0.1, -0.05) is 13.0 Å². The summed E-state index contributed by atoms with van der Waals surface area (Å²) < 4.78 is 2.03. The van der Waals surface area contributed by atoms with Crippen LogP contribution in [0.1, 0.15) is 42.3 Å². The molecule has 19 heavy (non-hydrogen) atoms. The van der Waals surface area contributed by atoms with Crippen LogP contribution in [0, 0.1) is 20.8 Å². The van der Waals surface area contributed by atoms with Gasteiger partial charge in [-0.2, -0.15) is 5.10 Å². The van der Waals surface area contributed by atoms with E-state index in [2.05, 4.69) is 63.2 Å². The van der Waals surface area contributed by atoms with Crippen molar-refractivity contribution in [1.29, 1.82) is 0 Å². The van der Waals surface area contributed by atoms with Crippen LogP contribution in [0.3, 0.4) is 0 Å². The van der Waals surface area contributed by atoms with E-state index in [-0.39, 0.29) is 0 Å². The Hall–Kier alpha value is -1.61. The van der Waals surface area contributed by atoms with Crippen LogP contribution in [0.25, 0.3) is 5.69 Å². The van der Waals surface area contributed by atoms with Crippen molar-refractivity contribution < 1.29 is 0 Å². The summed E-state index contributed by atoms with van der Waals surface area (Å²) in [7, 11) is 0. The van der Waals surface area contributed by atoms with Crippen molar-refractivity contribution >= 4 is 0 Å². The zero-order chi connectivity index (χ0) is 14.0. The fourth-order valence-electron chi connectivity index (χ4n) is 2.60. The molecular formula is C16H23N3. The first-order valence-corrected chi connectivity index (χ1v) is 6.89. The second kappa shape index (κ2) is 5.57. The van der Waals surface area contributed by atoms with Gasteiger partial charge < -0.3 is 5.32 Å². The summed E-state index contributed by atoms with van der Waals surface area (Å²) in [5.74, 6) is 0. The van der Waals surface area contributed by atoms with Gasteiger partial charge in [0.15, 0.2) is 0 Å². The highest BCUT2D eigenvalue weighted by atomic mass is 15.3. The molecule has 0 saturated carbocycles. The third-order valence-corrected chi connectivity index (χ3v) is 3.48. The first-order chi connectivity index (χ1) is 9.02. The van der Waals surface area contributed by atoms with Gasteiger partial charge in [0.2, 0.25) is 0 Å². The molecule has 1 atom stereocenters. The van der Waals surface area contributed by atoms with Crippen molar-refractivity contribution in [2.45, 2.75) is 40.7 Å². The maximum absolute atomic E-state index is 4.55. The van der Waals surface area contributed by atoms with Crippen LogP contribution in [0.2, 0.25) is 0 Å². The molecule has 0 fully saturated rings. The maximum Gasteiger partial charge on any atom is 0.0654 e. The molecule has 2 aromatic rings. The Labute approximate surface area is 115 Å². The van der Waals surface area contributed by atoms with Gasteiger partial charge in [0.05, 0.1) is 11.9 Å². The first-order valence-electron chi connectivity index (χ1n) is 6.89.